The van der Waals surface area contributed by atoms with Gasteiger partial charge >= 0.3 is 5.97 Å². The third-order valence-electron chi connectivity index (χ3n) is 3.93. The average Bonchev–Trinajstić information content (AvgIpc) is 2.77. The number of carboxylic acid groups (broad SMARTS) is 1. The van der Waals surface area contributed by atoms with Gasteiger partial charge in [0.25, 0.3) is 0 Å². The summed E-state index contributed by atoms with van der Waals surface area (Å²) < 4.78 is 1.66. The molecule has 1 aromatic heterocycles. The van der Waals surface area contributed by atoms with Crippen molar-refractivity contribution in [3.05, 3.63) is 5.82 Å². The van der Waals surface area contributed by atoms with Gasteiger partial charge in [-0.1, -0.05) is 32.1 Å². The summed E-state index contributed by atoms with van der Waals surface area (Å²) in [4.78, 5) is 11.2. The van der Waals surface area contributed by atoms with Crippen molar-refractivity contribution in [3.63, 3.8) is 0 Å². The second-order valence-corrected chi connectivity index (χ2v) is 6.15. The number of hydrogen-bond donors (Lipinski definition) is 1. The topological polar surface area (TPSA) is 80.9 Å². The van der Waals surface area contributed by atoms with E-state index in [4.69, 9.17) is 0 Å². The van der Waals surface area contributed by atoms with Crippen molar-refractivity contribution in [2.75, 3.05) is 0 Å². The fraction of sp³-hybridized carbons (Fsp3) is 0.846. The molecule has 1 N–H and O–H groups in total. The number of rotatable bonds is 5. The van der Waals surface area contributed by atoms with E-state index < -0.39 is 11.4 Å². The van der Waals surface area contributed by atoms with Crippen LogP contribution in [0.15, 0.2) is 0 Å². The van der Waals surface area contributed by atoms with E-state index in [9.17, 15) is 9.90 Å². The molecule has 0 aromatic carbocycles. The largest absolute Gasteiger partial charge is 0.481 e. The molecule has 0 atom stereocenters. The van der Waals surface area contributed by atoms with Gasteiger partial charge in [-0.15, -0.1) is 5.10 Å². The summed E-state index contributed by atoms with van der Waals surface area (Å²) in [5.74, 6) is 0.638. The molecule has 1 aliphatic rings. The van der Waals surface area contributed by atoms with Gasteiger partial charge in [0.1, 0.15) is 0 Å². The standard InChI is InChI=1S/C13H22N4O2/c1-13(2,12(18)19)9-17-11(14-15-16-17)8-10-6-4-3-5-7-10/h10H,3-9H2,1-2H3,(H,18,19). The van der Waals surface area contributed by atoms with Gasteiger partial charge < -0.3 is 5.11 Å². The Morgan fingerprint density at radius 1 is 1.37 bits per heavy atom. The lowest BCUT2D eigenvalue weighted by Crippen LogP contribution is -2.30. The first kappa shape index (κ1) is 14.0. The van der Waals surface area contributed by atoms with Crippen molar-refractivity contribution >= 4 is 5.97 Å². The highest BCUT2D eigenvalue weighted by Gasteiger charge is 2.30. The summed E-state index contributed by atoms with van der Waals surface area (Å²) in [6, 6.07) is 0. The molecule has 0 unspecified atom stereocenters. The molecule has 106 valence electrons. The van der Waals surface area contributed by atoms with E-state index in [1.807, 2.05) is 0 Å². The summed E-state index contributed by atoms with van der Waals surface area (Å²) in [6.45, 7) is 3.71. The van der Waals surface area contributed by atoms with Gasteiger partial charge in [-0.2, -0.15) is 0 Å². The van der Waals surface area contributed by atoms with Gasteiger partial charge in [-0.05, 0) is 30.2 Å². The van der Waals surface area contributed by atoms with Crippen LogP contribution >= 0.6 is 0 Å². The van der Waals surface area contributed by atoms with E-state index in [0.717, 1.165) is 12.2 Å². The lowest BCUT2D eigenvalue weighted by molar-refractivity contribution is -0.147. The maximum atomic E-state index is 11.2. The van der Waals surface area contributed by atoms with E-state index in [1.165, 1.54) is 32.1 Å². The molecule has 0 spiro atoms. The molecule has 1 heterocycles. The fourth-order valence-electron chi connectivity index (χ4n) is 2.58. The Kier molecular flexibility index (Phi) is 4.17. The molecule has 1 aliphatic carbocycles. The van der Waals surface area contributed by atoms with Gasteiger partial charge in [0.2, 0.25) is 0 Å². The zero-order chi connectivity index (χ0) is 13.9. The highest BCUT2D eigenvalue weighted by atomic mass is 16.4. The maximum absolute atomic E-state index is 11.2. The summed E-state index contributed by atoms with van der Waals surface area (Å²) in [7, 11) is 0. The maximum Gasteiger partial charge on any atom is 0.310 e. The zero-order valence-electron chi connectivity index (χ0n) is 11.7. The van der Waals surface area contributed by atoms with Crippen molar-refractivity contribution in [2.24, 2.45) is 11.3 Å². The lowest BCUT2D eigenvalue weighted by Gasteiger charge is -2.22. The first-order valence-corrected chi connectivity index (χ1v) is 6.97. The second-order valence-electron chi connectivity index (χ2n) is 6.15. The van der Waals surface area contributed by atoms with Crippen LogP contribution in [0.5, 0.6) is 0 Å². The molecule has 19 heavy (non-hydrogen) atoms. The first-order valence-electron chi connectivity index (χ1n) is 6.97. The Balaban J connectivity index is 2.03. The number of nitrogens with zero attached hydrogens (tertiary/aromatic N) is 4. The van der Waals surface area contributed by atoms with Crippen LogP contribution in [0.3, 0.4) is 0 Å². The fourth-order valence-corrected chi connectivity index (χ4v) is 2.58. The molecule has 2 rings (SSSR count). The van der Waals surface area contributed by atoms with Crippen molar-refractivity contribution in [2.45, 2.75) is 58.9 Å². The van der Waals surface area contributed by atoms with E-state index in [-0.39, 0.29) is 0 Å². The minimum atomic E-state index is -0.851. The van der Waals surface area contributed by atoms with Crippen LogP contribution in [0.1, 0.15) is 51.8 Å². The smallest absolute Gasteiger partial charge is 0.310 e. The van der Waals surface area contributed by atoms with Crippen LogP contribution in [0.4, 0.5) is 0 Å². The van der Waals surface area contributed by atoms with Crippen LogP contribution in [-0.2, 0) is 17.8 Å². The van der Waals surface area contributed by atoms with Gasteiger partial charge in [-0.25, -0.2) is 4.68 Å². The molecule has 0 amide bonds. The number of carbonyl (C=O) groups is 1. The first-order chi connectivity index (χ1) is 8.99. The average molecular weight is 266 g/mol. The van der Waals surface area contributed by atoms with E-state index in [2.05, 4.69) is 15.5 Å². The molecule has 6 nitrogen and oxygen atoms in total. The third-order valence-corrected chi connectivity index (χ3v) is 3.93. The molecular weight excluding hydrogens is 244 g/mol. The zero-order valence-corrected chi connectivity index (χ0v) is 11.7. The Labute approximate surface area is 113 Å². The molecule has 0 saturated heterocycles. The summed E-state index contributed by atoms with van der Waals surface area (Å²) in [6.07, 6.45) is 7.22. The summed E-state index contributed by atoms with van der Waals surface area (Å²) in [5.41, 5.74) is -0.851. The Bertz CT molecular complexity index is 436. The molecule has 1 fully saturated rings. The minimum Gasteiger partial charge on any atom is -0.481 e. The predicted octanol–water partition coefficient (Wildman–Crippen LogP) is 1.91. The number of hydrogen-bond acceptors (Lipinski definition) is 4. The number of aliphatic carboxylic acids is 1. The SMILES string of the molecule is CC(C)(Cn1nnnc1CC1CCCCC1)C(=O)O. The van der Waals surface area contributed by atoms with E-state index in [1.54, 1.807) is 18.5 Å². The highest BCUT2D eigenvalue weighted by molar-refractivity contribution is 5.73. The number of aromatic nitrogens is 4. The Morgan fingerprint density at radius 2 is 2.05 bits per heavy atom. The van der Waals surface area contributed by atoms with Crippen LogP contribution in [0, 0.1) is 11.3 Å². The third kappa shape index (κ3) is 3.52. The lowest BCUT2D eigenvalue weighted by atomic mass is 9.86. The normalized spacial score (nSPS) is 17.6. The van der Waals surface area contributed by atoms with Crippen LogP contribution in [0.25, 0.3) is 0 Å². The second kappa shape index (κ2) is 5.67. The molecule has 0 aliphatic heterocycles. The molecule has 0 bridgehead atoms. The predicted molar refractivity (Wildman–Crippen MR) is 69.5 cm³/mol. The van der Waals surface area contributed by atoms with Crippen molar-refractivity contribution in [3.8, 4) is 0 Å². The van der Waals surface area contributed by atoms with Gasteiger partial charge in [0.15, 0.2) is 5.82 Å². The summed E-state index contributed by atoms with van der Waals surface area (Å²) >= 11 is 0. The van der Waals surface area contributed by atoms with Crippen LogP contribution in [-0.4, -0.2) is 31.3 Å². The van der Waals surface area contributed by atoms with Crippen LogP contribution in [0.2, 0.25) is 0 Å². The van der Waals surface area contributed by atoms with Crippen molar-refractivity contribution in [1.82, 2.24) is 20.2 Å². The molecule has 1 aromatic rings. The molecule has 0 radical (unpaired) electrons. The Hall–Kier alpha value is -1.46. The van der Waals surface area contributed by atoms with Crippen molar-refractivity contribution in [1.29, 1.82) is 0 Å². The number of tetrazole rings is 1. The quantitative estimate of drug-likeness (QED) is 0.880. The number of carboxylic acids is 1. The van der Waals surface area contributed by atoms with Crippen LogP contribution < -0.4 is 0 Å². The molecular formula is C13H22N4O2. The monoisotopic (exact) mass is 266 g/mol. The van der Waals surface area contributed by atoms with Gasteiger partial charge in [0.05, 0.1) is 12.0 Å². The van der Waals surface area contributed by atoms with Gasteiger partial charge in [0, 0.05) is 6.42 Å². The van der Waals surface area contributed by atoms with E-state index >= 15 is 0 Å². The Morgan fingerprint density at radius 3 is 2.68 bits per heavy atom. The van der Waals surface area contributed by atoms with E-state index in [0.29, 0.717) is 12.5 Å². The van der Waals surface area contributed by atoms with Crippen molar-refractivity contribution < 1.29 is 9.90 Å². The highest BCUT2D eigenvalue weighted by Crippen LogP contribution is 2.26. The molecule has 1 saturated carbocycles. The summed E-state index contributed by atoms with van der Waals surface area (Å²) in [5, 5.41) is 20.9. The molecule has 6 heteroatoms. The minimum absolute atomic E-state index is 0.317. The van der Waals surface area contributed by atoms with Gasteiger partial charge in [-0.3, -0.25) is 4.79 Å².